The van der Waals surface area contributed by atoms with Gasteiger partial charge in [-0.05, 0) is 47.9 Å². The molecule has 0 saturated carbocycles. The van der Waals surface area contributed by atoms with Gasteiger partial charge in [0.25, 0.3) is 0 Å². The number of carbonyl (C=O) groups excluding carboxylic acids is 2. The van der Waals surface area contributed by atoms with Crippen molar-refractivity contribution in [2.45, 2.75) is 26.7 Å². The van der Waals surface area contributed by atoms with Gasteiger partial charge in [0, 0.05) is 12.8 Å². The molecule has 1 aliphatic carbocycles. The molecule has 0 amide bonds. The van der Waals surface area contributed by atoms with E-state index in [1.54, 1.807) is 6.07 Å². The molecule has 134 valence electrons. The highest BCUT2D eigenvalue weighted by molar-refractivity contribution is 6.24. The van der Waals surface area contributed by atoms with Crippen LogP contribution in [-0.2, 0) is 9.53 Å². The summed E-state index contributed by atoms with van der Waals surface area (Å²) in [6, 6.07) is 19.4. The number of ketones is 1. The second-order valence-corrected chi connectivity index (χ2v) is 6.99. The maximum atomic E-state index is 12.7. The van der Waals surface area contributed by atoms with Crippen molar-refractivity contribution in [3.8, 4) is 0 Å². The predicted octanol–water partition coefficient (Wildman–Crippen LogP) is 5.39. The minimum absolute atomic E-state index is 0.0324. The molecule has 4 rings (SSSR count). The van der Waals surface area contributed by atoms with Crippen molar-refractivity contribution in [2.75, 3.05) is 0 Å². The van der Waals surface area contributed by atoms with Crippen molar-refractivity contribution in [1.82, 2.24) is 0 Å². The summed E-state index contributed by atoms with van der Waals surface area (Å²) in [6.45, 7) is 3.96. The zero-order valence-electron chi connectivity index (χ0n) is 15.4. The topological polar surface area (TPSA) is 43.4 Å². The van der Waals surface area contributed by atoms with Crippen molar-refractivity contribution in [3.05, 3.63) is 88.7 Å². The molecule has 1 aliphatic rings. The van der Waals surface area contributed by atoms with Crippen molar-refractivity contribution >= 4 is 28.1 Å². The summed E-state index contributed by atoms with van der Waals surface area (Å²) in [6.07, 6.45) is 0.837. The Morgan fingerprint density at radius 2 is 1.67 bits per heavy atom. The molecule has 0 radical (unpaired) electrons. The van der Waals surface area contributed by atoms with Crippen LogP contribution in [0, 0.1) is 13.8 Å². The lowest BCUT2D eigenvalue weighted by Crippen LogP contribution is -2.06. The highest BCUT2D eigenvalue weighted by atomic mass is 16.5. The first kappa shape index (κ1) is 17.2. The highest BCUT2D eigenvalue weighted by Crippen LogP contribution is 2.34. The Bertz CT molecular complexity index is 1110. The van der Waals surface area contributed by atoms with Crippen molar-refractivity contribution < 1.29 is 14.3 Å². The van der Waals surface area contributed by atoms with Gasteiger partial charge in [0.1, 0.15) is 5.76 Å². The minimum atomic E-state index is -0.423. The zero-order valence-corrected chi connectivity index (χ0v) is 15.4. The van der Waals surface area contributed by atoms with E-state index in [1.807, 2.05) is 68.4 Å². The van der Waals surface area contributed by atoms with Gasteiger partial charge in [0.05, 0.1) is 11.1 Å². The van der Waals surface area contributed by atoms with E-state index in [1.165, 1.54) is 0 Å². The van der Waals surface area contributed by atoms with Crippen LogP contribution in [0.3, 0.4) is 0 Å². The van der Waals surface area contributed by atoms with E-state index in [9.17, 15) is 9.59 Å². The molecule has 3 heteroatoms. The van der Waals surface area contributed by atoms with Gasteiger partial charge in [-0.25, -0.2) is 4.79 Å². The lowest BCUT2D eigenvalue weighted by Gasteiger charge is -2.11. The van der Waals surface area contributed by atoms with Gasteiger partial charge >= 0.3 is 5.97 Å². The van der Waals surface area contributed by atoms with E-state index < -0.39 is 5.97 Å². The van der Waals surface area contributed by atoms with Gasteiger partial charge in [0.2, 0.25) is 0 Å². The molecule has 0 spiro atoms. The Balaban J connectivity index is 1.70. The summed E-state index contributed by atoms with van der Waals surface area (Å²) in [5.74, 6) is 0.0881. The van der Waals surface area contributed by atoms with Gasteiger partial charge in [0.15, 0.2) is 5.78 Å². The molecule has 0 saturated heterocycles. The number of ether oxygens (including phenoxy) is 1. The Morgan fingerprint density at radius 3 is 2.48 bits per heavy atom. The minimum Gasteiger partial charge on any atom is -0.427 e. The van der Waals surface area contributed by atoms with Crippen molar-refractivity contribution in [1.29, 1.82) is 0 Å². The van der Waals surface area contributed by atoms with E-state index >= 15 is 0 Å². The molecule has 0 N–H and O–H groups in total. The van der Waals surface area contributed by atoms with Crippen LogP contribution in [0.1, 0.15) is 39.9 Å². The first-order valence-electron chi connectivity index (χ1n) is 9.08. The molecule has 0 atom stereocenters. The quantitative estimate of drug-likeness (QED) is 0.591. The number of carbonyl (C=O) groups is 2. The molecule has 3 nitrogen and oxygen atoms in total. The monoisotopic (exact) mass is 356 g/mol. The van der Waals surface area contributed by atoms with Crippen LogP contribution in [0.4, 0.5) is 0 Å². The fourth-order valence-electron chi connectivity index (χ4n) is 3.53. The number of hydrogen-bond donors (Lipinski definition) is 0. The predicted molar refractivity (Wildman–Crippen MR) is 106 cm³/mol. The lowest BCUT2D eigenvalue weighted by molar-refractivity contribution is -0.113. The summed E-state index contributed by atoms with van der Waals surface area (Å²) < 4.78 is 5.70. The number of fused-ring (bicyclic) bond motifs is 1. The molecule has 0 fully saturated rings. The summed E-state index contributed by atoms with van der Waals surface area (Å²) in [5, 5.41) is 2.05. The fraction of sp³-hybridized carbons (Fsp3) is 0.167. The number of Topliss-reactive ketones (excluding diaryl/α,β-unsaturated/α-hetero) is 1. The fourth-order valence-corrected chi connectivity index (χ4v) is 3.53. The smallest absolute Gasteiger partial charge is 0.343 e. The van der Waals surface area contributed by atoms with E-state index in [0.717, 1.165) is 27.5 Å². The molecule has 27 heavy (non-hydrogen) atoms. The molecule has 0 unspecified atom stereocenters. The SMILES string of the molecule is Cc1ccc(C)c(C2=C(OC(=O)c3ccc4ccccc4c3)CCC2=O)c1. The summed E-state index contributed by atoms with van der Waals surface area (Å²) in [5.41, 5.74) is 3.97. The van der Waals surface area contributed by atoms with Gasteiger partial charge < -0.3 is 4.74 Å². The maximum absolute atomic E-state index is 12.7. The second-order valence-electron chi connectivity index (χ2n) is 6.99. The normalized spacial score (nSPS) is 14.1. The second kappa shape index (κ2) is 6.84. The summed E-state index contributed by atoms with van der Waals surface area (Å²) in [4.78, 5) is 25.2. The van der Waals surface area contributed by atoms with Gasteiger partial charge in [-0.15, -0.1) is 0 Å². The van der Waals surface area contributed by atoms with E-state index in [-0.39, 0.29) is 5.78 Å². The number of allylic oxidation sites excluding steroid dienone is 2. The maximum Gasteiger partial charge on any atom is 0.343 e. The molecule has 3 aromatic carbocycles. The van der Waals surface area contributed by atoms with Crippen LogP contribution in [0.15, 0.2) is 66.4 Å². The standard InChI is InChI=1S/C24H20O3/c1-15-7-8-16(2)20(13-15)23-21(25)11-12-22(23)27-24(26)19-10-9-17-5-3-4-6-18(17)14-19/h3-10,13-14H,11-12H2,1-2H3. The van der Waals surface area contributed by atoms with Crippen LogP contribution in [0.2, 0.25) is 0 Å². The third kappa shape index (κ3) is 3.28. The Morgan fingerprint density at radius 1 is 0.889 bits per heavy atom. The van der Waals surface area contributed by atoms with Crippen molar-refractivity contribution in [3.63, 3.8) is 0 Å². The van der Waals surface area contributed by atoms with Gasteiger partial charge in [-0.3, -0.25) is 4.79 Å². The van der Waals surface area contributed by atoms with Crippen LogP contribution in [0.25, 0.3) is 16.3 Å². The molecule has 0 aliphatic heterocycles. The number of aryl methyl sites for hydroxylation is 2. The van der Waals surface area contributed by atoms with Crippen molar-refractivity contribution in [2.24, 2.45) is 0 Å². The lowest BCUT2D eigenvalue weighted by atomic mass is 9.97. The highest BCUT2D eigenvalue weighted by Gasteiger charge is 2.28. The molecular formula is C24H20O3. The van der Waals surface area contributed by atoms with Gasteiger partial charge in [-0.1, -0.05) is 54.1 Å². The molecule has 0 bridgehead atoms. The van der Waals surface area contributed by atoms with Crippen LogP contribution in [-0.4, -0.2) is 11.8 Å². The average molecular weight is 356 g/mol. The largest absolute Gasteiger partial charge is 0.427 e. The number of hydrogen-bond acceptors (Lipinski definition) is 3. The summed E-state index contributed by atoms with van der Waals surface area (Å²) in [7, 11) is 0. The number of benzene rings is 3. The van der Waals surface area contributed by atoms with Crippen LogP contribution < -0.4 is 0 Å². The molecular weight excluding hydrogens is 336 g/mol. The Hall–Kier alpha value is -3.20. The molecule has 0 heterocycles. The van der Waals surface area contributed by atoms with Crippen LogP contribution in [0.5, 0.6) is 0 Å². The van der Waals surface area contributed by atoms with E-state index in [2.05, 4.69) is 0 Å². The molecule has 3 aromatic rings. The Kier molecular flexibility index (Phi) is 4.36. The third-order valence-corrected chi connectivity index (χ3v) is 5.00. The van der Waals surface area contributed by atoms with Gasteiger partial charge in [-0.2, -0.15) is 0 Å². The van der Waals surface area contributed by atoms with E-state index in [0.29, 0.717) is 29.7 Å². The first-order valence-corrected chi connectivity index (χ1v) is 9.08. The molecule has 0 aromatic heterocycles. The Labute approximate surface area is 158 Å². The number of rotatable bonds is 3. The average Bonchev–Trinajstić information content (AvgIpc) is 3.03. The first-order chi connectivity index (χ1) is 13.0. The zero-order chi connectivity index (χ0) is 19.0. The summed E-state index contributed by atoms with van der Waals surface area (Å²) >= 11 is 0. The van der Waals surface area contributed by atoms with E-state index in [4.69, 9.17) is 4.74 Å². The third-order valence-electron chi connectivity index (χ3n) is 5.00. The number of esters is 1. The van der Waals surface area contributed by atoms with Crippen LogP contribution >= 0.6 is 0 Å².